The van der Waals surface area contributed by atoms with Gasteiger partial charge in [-0.05, 0) is 89.9 Å². The number of nitrogens with two attached hydrogens (primary N) is 1. The number of rotatable bonds is 63. The third-order valence-corrected chi connectivity index (χ3v) is 15.4. The number of esters is 2. The average molecular weight is 1150 g/mol. The van der Waals surface area contributed by atoms with Crippen LogP contribution in [0.5, 0.6) is 0 Å². The van der Waals surface area contributed by atoms with E-state index in [4.69, 9.17) is 24.3 Å². The number of allylic oxidation sites excluding steroid dienone is 16. The van der Waals surface area contributed by atoms with Crippen LogP contribution in [0.4, 0.5) is 0 Å². The monoisotopic (exact) mass is 1150 g/mol. The molecule has 0 spiro atoms. The molecule has 0 aliphatic heterocycles. The molecule has 2 atom stereocenters. The fraction of sp³-hybridized carbons (Fsp3) is 0.746. The Kier molecular flexibility index (Phi) is 63.6. The van der Waals surface area contributed by atoms with Crippen LogP contribution in [-0.2, 0) is 32.7 Å². The van der Waals surface area contributed by atoms with Crippen molar-refractivity contribution in [2.75, 3.05) is 26.4 Å². The molecule has 0 heterocycles. The molecule has 10 heteroatoms. The first-order chi connectivity index (χ1) is 39.8. The van der Waals surface area contributed by atoms with Crippen molar-refractivity contribution in [2.24, 2.45) is 5.73 Å². The van der Waals surface area contributed by atoms with Crippen LogP contribution in [-0.4, -0.2) is 49.3 Å². The van der Waals surface area contributed by atoms with Crippen molar-refractivity contribution in [3.05, 3.63) is 97.2 Å². The molecule has 2 unspecified atom stereocenters. The van der Waals surface area contributed by atoms with Crippen molar-refractivity contribution in [3.8, 4) is 0 Å². The summed E-state index contributed by atoms with van der Waals surface area (Å²) < 4.78 is 33.2. The van der Waals surface area contributed by atoms with Gasteiger partial charge in [-0.3, -0.25) is 18.6 Å². The van der Waals surface area contributed by atoms with Crippen LogP contribution in [0.1, 0.15) is 309 Å². The molecule has 0 aromatic rings. The molecule has 0 fully saturated rings. The van der Waals surface area contributed by atoms with Crippen LogP contribution < -0.4 is 5.73 Å². The van der Waals surface area contributed by atoms with E-state index in [1.54, 1.807) is 0 Å². The molecule has 0 bridgehead atoms. The molecule has 0 radical (unpaired) electrons. The van der Waals surface area contributed by atoms with Gasteiger partial charge in [-0.2, -0.15) is 0 Å². The summed E-state index contributed by atoms with van der Waals surface area (Å²) in [5, 5.41) is 0. The van der Waals surface area contributed by atoms with Crippen molar-refractivity contribution in [2.45, 2.75) is 315 Å². The fourth-order valence-electron chi connectivity index (χ4n) is 9.56. The molecule has 9 nitrogen and oxygen atoms in total. The van der Waals surface area contributed by atoms with Crippen molar-refractivity contribution < 1.29 is 37.6 Å². The summed E-state index contributed by atoms with van der Waals surface area (Å²) in [7, 11) is -4.40. The normalized spacial score (nSPS) is 13.6. The van der Waals surface area contributed by atoms with Gasteiger partial charge < -0.3 is 20.1 Å². The summed E-state index contributed by atoms with van der Waals surface area (Å²) in [6.07, 6.45) is 89.2. The molecular weight excluding hydrogens is 1030 g/mol. The van der Waals surface area contributed by atoms with Gasteiger partial charge >= 0.3 is 19.8 Å². The minimum absolute atomic E-state index is 0.0515. The zero-order valence-corrected chi connectivity index (χ0v) is 53.4. The average Bonchev–Trinajstić information content (AvgIpc) is 3.46. The molecule has 0 amide bonds. The minimum atomic E-state index is -4.40. The van der Waals surface area contributed by atoms with E-state index >= 15 is 0 Å². The summed E-state index contributed by atoms with van der Waals surface area (Å²) in [6.45, 7) is 3.55. The second-order valence-corrected chi connectivity index (χ2v) is 23.7. The molecule has 0 aliphatic carbocycles. The van der Waals surface area contributed by atoms with Gasteiger partial charge in [0.05, 0.1) is 13.2 Å². The zero-order chi connectivity index (χ0) is 58.7. The van der Waals surface area contributed by atoms with E-state index in [-0.39, 0.29) is 38.6 Å². The number of carbonyl (C=O) groups excluding carboxylic acids is 2. The predicted molar refractivity (Wildman–Crippen MR) is 348 cm³/mol. The molecule has 81 heavy (non-hydrogen) atoms. The SMILES string of the molecule is CC/C=C\C/C=C\C/C=C\C/C=C\CCCCCCCCCCCCCCCCCCCCCCCCC(=O)OC(COC(=O)CCCCCCCCCCCCCC/C=C\C/C=C\C/C=C\C/C=C\CC)COP(=O)(O)OCCN. The second kappa shape index (κ2) is 66.1. The first-order valence-electron chi connectivity index (χ1n) is 33.7. The maximum absolute atomic E-state index is 12.8. The third-order valence-electron chi connectivity index (χ3n) is 14.5. The van der Waals surface area contributed by atoms with E-state index in [2.05, 4.69) is 111 Å². The van der Waals surface area contributed by atoms with Crippen LogP contribution >= 0.6 is 7.82 Å². The van der Waals surface area contributed by atoms with Gasteiger partial charge in [-0.1, -0.05) is 304 Å². The molecule has 0 rings (SSSR count). The molecule has 0 aromatic carbocycles. The summed E-state index contributed by atoms with van der Waals surface area (Å²) in [5.41, 5.74) is 5.40. The summed E-state index contributed by atoms with van der Waals surface area (Å²) in [4.78, 5) is 35.3. The fourth-order valence-corrected chi connectivity index (χ4v) is 10.3. The number of phosphoric ester groups is 1. The molecule has 0 saturated heterocycles. The van der Waals surface area contributed by atoms with E-state index < -0.39 is 26.5 Å². The molecule has 0 aliphatic rings. The van der Waals surface area contributed by atoms with Gasteiger partial charge in [-0.15, -0.1) is 0 Å². The maximum atomic E-state index is 12.8. The Bertz CT molecular complexity index is 1650. The van der Waals surface area contributed by atoms with Crippen molar-refractivity contribution >= 4 is 19.8 Å². The standard InChI is InChI=1S/C71H126NO8P/c1-3-5-7-9-11-13-15-17-19-21-23-25-27-29-30-31-32-33-34-35-36-37-38-40-42-44-46-48-50-52-54-56-58-60-62-64-71(74)80-69(68-79-81(75,76)78-66-65-72)67-77-70(73)63-61-59-57-55-53-51-49-47-45-43-41-39-28-26-24-22-20-18-16-14-12-10-8-6-4-2/h5-8,11-14,17-20,23-26,69H,3-4,9-10,15-16,21-22,27-68,72H2,1-2H3,(H,75,76)/b7-5-,8-6-,13-11-,14-12-,19-17-,20-18-,25-23-,26-24-. The van der Waals surface area contributed by atoms with E-state index in [0.29, 0.717) is 6.42 Å². The van der Waals surface area contributed by atoms with Crippen LogP contribution in [0.15, 0.2) is 97.2 Å². The predicted octanol–water partition coefficient (Wildman–Crippen LogP) is 22.0. The smallest absolute Gasteiger partial charge is 0.462 e. The Hall–Kier alpha value is -3.07. The molecule has 3 N–H and O–H groups in total. The van der Waals surface area contributed by atoms with Gasteiger partial charge in [0.15, 0.2) is 6.10 Å². The number of phosphoric acid groups is 1. The quantitative estimate of drug-likeness (QED) is 0.0264. The van der Waals surface area contributed by atoms with Gasteiger partial charge in [-0.25, -0.2) is 4.57 Å². The molecular formula is C71H126NO8P. The van der Waals surface area contributed by atoms with E-state index in [1.807, 2.05) is 0 Å². The Morgan fingerprint density at radius 1 is 0.370 bits per heavy atom. The van der Waals surface area contributed by atoms with Crippen LogP contribution in [0.3, 0.4) is 0 Å². The first-order valence-corrected chi connectivity index (χ1v) is 35.2. The third kappa shape index (κ3) is 65.9. The van der Waals surface area contributed by atoms with Crippen LogP contribution in [0.25, 0.3) is 0 Å². The van der Waals surface area contributed by atoms with Crippen LogP contribution in [0, 0.1) is 0 Å². The number of hydrogen-bond donors (Lipinski definition) is 2. The highest BCUT2D eigenvalue weighted by Crippen LogP contribution is 2.43. The number of hydrogen-bond acceptors (Lipinski definition) is 8. The lowest BCUT2D eigenvalue weighted by Gasteiger charge is -2.19. The highest BCUT2D eigenvalue weighted by atomic mass is 31.2. The molecule has 468 valence electrons. The van der Waals surface area contributed by atoms with E-state index in [9.17, 15) is 19.0 Å². The van der Waals surface area contributed by atoms with Gasteiger partial charge in [0, 0.05) is 19.4 Å². The summed E-state index contributed by atoms with van der Waals surface area (Å²) >= 11 is 0. The topological polar surface area (TPSA) is 134 Å². The largest absolute Gasteiger partial charge is 0.472 e. The summed E-state index contributed by atoms with van der Waals surface area (Å²) in [5.74, 6) is -0.820. The lowest BCUT2D eigenvalue weighted by Crippen LogP contribution is -2.29. The van der Waals surface area contributed by atoms with Crippen molar-refractivity contribution in [1.29, 1.82) is 0 Å². The number of unbranched alkanes of at least 4 members (excludes halogenated alkanes) is 34. The lowest BCUT2D eigenvalue weighted by molar-refractivity contribution is -0.161. The summed E-state index contributed by atoms with van der Waals surface area (Å²) in [6, 6.07) is 0. The maximum Gasteiger partial charge on any atom is 0.472 e. The van der Waals surface area contributed by atoms with Crippen molar-refractivity contribution in [1.82, 2.24) is 0 Å². The van der Waals surface area contributed by atoms with Crippen LogP contribution in [0.2, 0.25) is 0 Å². The highest BCUT2D eigenvalue weighted by molar-refractivity contribution is 7.47. The number of carbonyl (C=O) groups is 2. The van der Waals surface area contributed by atoms with Gasteiger partial charge in [0.2, 0.25) is 0 Å². The van der Waals surface area contributed by atoms with E-state index in [0.717, 1.165) is 83.5 Å². The Labute approximate surface area is 499 Å². The molecule has 0 aromatic heterocycles. The second-order valence-electron chi connectivity index (χ2n) is 22.3. The Balaban J connectivity index is 3.85. The van der Waals surface area contributed by atoms with Crippen molar-refractivity contribution in [3.63, 3.8) is 0 Å². The first kappa shape index (κ1) is 77.9. The Morgan fingerprint density at radius 3 is 0.951 bits per heavy atom. The molecule has 0 saturated carbocycles. The highest BCUT2D eigenvalue weighted by Gasteiger charge is 2.26. The van der Waals surface area contributed by atoms with E-state index in [1.165, 1.54) is 193 Å². The van der Waals surface area contributed by atoms with Gasteiger partial charge in [0.1, 0.15) is 6.61 Å². The Morgan fingerprint density at radius 2 is 0.642 bits per heavy atom. The van der Waals surface area contributed by atoms with Gasteiger partial charge in [0.25, 0.3) is 0 Å². The minimum Gasteiger partial charge on any atom is -0.462 e. The number of ether oxygens (including phenoxy) is 2. The lowest BCUT2D eigenvalue weighted by atomic mass is 10.0. The zero-order valence-electron chi connectivity index (χ0n) is 52.5.